The van der Waals surface area contributed by atoms with Crippen LogP contribution in [-0.4, -0.2) is 45.0 Å². The highest BCUT2D eigenvalue weighted by molar-refractivity contribution is 5.91. The lowest BCUT2D eigenvalue weighted by molar-refractivity contribution is -0.120. The summed E-state index contributed by atoms with van der Waals surface area (Å²) in [7, 11) is 0. The van der Waals surface area contributed by atoms with E-state index in [0.717, 1.165) is 37.6 Å². The number of hydrogen-bond donors (Lipinski definition) is 1. The minimum Gasteiger partial charge on any atom is -0.386 e. The molecule has 7 nitrogen and oxygen atoms in total. The quantitative estimate of drug-likeness (QED) is 0.628. The van der Waals surface area contributed by atoms with Crippen LogP contribution in [0.5, 0.6) is 0 Å². The van der Waals surface area contributed by atoms with Gasteiger partial charge in [0.25, 0.3) is 5.91 Å². The SMILES string of the molecule is N#Cc1cccc(NC(=O)CON=Cc2ccc(N3CCOCC3)cc2)c1. The molecule has 2 aromatic rings. The first-order valence-electron chi connectivity index (χ1n) is 8.63. The van der Waals surface area contributed by atoms with Gasteiger partial charge in [0.05, 0.1) is 31.1 Å². The van der Waals surface area contributed by atoms with Crippen molar-refractivity contribution in [2.24, 2.45) is 5.16 Å². The molecule has 1 fully saturated rings. The molecule has 0 radical (unpaired) electrons. The molecule has 1 aliphatic heterocycles. The van der Waals surface area contributed by atoms with Crippen LogP contribution >= 0.6 is 0 Å². The van der Waals surface area contributed by atoms with E-state index in [1.165, 1.54) is 0 Å². The van der Waals surface area contributed by atoms with Crippen molar-refractivity contribution >= 4 is 23.5 Å². The fourth-order valence-electron chi connectivity index (χ4n) is 2.65. The van der Waals surface area contributed by atoms with E-state index in [9.17, 15) is 4.79 Å². The van der Waals surface area contributed by atoms with Crippen LogP contribution in [0.4, 0.5) is 11.4 Å². The number of morpholine rings is 1. The molecule has 3 rings (SSSR count). The van der Waals surface area contributed by atoms with Gasteiger partial charge in [0.15, 0.2) is 6.61 Å². The molecule has 1 heterocycles. The Morgan fingerprint density at radius 1 is 1.26 bits per heavy atom. The Morgan fingerprint density at radius 2 is 2.04 bits per heavy atom. The summed E-state index contributed by atoms with van der Waals surface area (Å²) < 4.78 is 5.35. The number of benzene rings is 2. The summed E-state index contributed by atoms with van der Waals surface area (Å²) in [6, 6.07) is 16.6. The number of nitrogens with zero attached hydrogens (tertiary/aromatic N) is 3. The molecule has 2 aromatic carbocycles. The number of nitrogens with one attached hydrogen (secondary N) is 1. The highest BCUT2D eigenvalue weighted by atomic mass is 16.6. The molecule has 138 valence electrons. The topological polar surface area (TPSA) is 87.0 Å². The third-order valence-electron chi connectivity index (χ3n) is 4.02. The minimum absolute atomic E-state index is 0.209. The summed E-state index contributed by atoms with van der Waals surface area (Å²) in [5.41, 5.74) is 3.06. The van der Waals surface area contributed by atoms with Gasteiger partial charge in [-0.1, -0.05) is 23.4 Å². The van der Waals surface area contributed by atoms with E-state index in [1.54, 1.807) is 30.5 Å². The number of amides is 1. The number of hydrogen-bond acceptors (Lipinski definition) is 6. The Hall–Kier alpha value is -3.37. The van der Waals surface area contributed by atoms with E-state index < -0.39 is 0 Å². The van der Waals surface area contributed by atoms with Gasteiger partial charge in [0.2, 0.25) is 0 Å². The van der Waals surface area contributed by atoms with Gasteiger partial charge in [-0.05, 0) is 35.9 Å². The molecule has 27 heavy (non-hydrogen) atoms. The van der Waals surface area contributed by atoms with Gasteiger partial charge in [-0.2, -0.15) is 5.26 Å². The van der Waals surface area contributed by atoms with Crippen molar-refractivity contribution in [1.82, 2.24) is 0 Å². The Labute approximate surface area is 157 Å². The zero-order valence-electron chi connectivity index (χ0n) is 14.8. The standard InChI is InChI=1S/C20H20N4O3/c21-13-17-2-1-3-18(12-17)23-20(25)15-27-22-14-16-4-6-19(7-5-16)24-8-10-26-11-9-24/h1-7,12,14H,8-11,15H2,(H,23,25). The molecule has 1 amide bonds. The number of oxime groups is 1. The molecule has 7 heteroatoms. The molecule has 0 unspecified atom stereocenters. The summed E-state index contributed by atoms with van der Waals surface area (Å²) in [4.78, 5) is 19.1. The molecule has 1 N–H and O–H groups in total. The van der Waals surface area contributed by atoms with E-state index >= 15 is 0 Å². The van der Waals surface area contributed by atoms with Crippen LogP contribution in [0.1, 0.15) is 11.1 Å². The molecular weight excluding hydrogens is 344 g/mol. The number of ether oxygens (including phenoxy) is 1. The number of anilines is 2. The molecule has 1 aliphatic rings. The van der Waals surface area contributed by atoms with Crippen LogP contribution in [0.3, 0.4) is 0 Å². The number of carbonyl (C=O) groups is 1. The van der Waals surface area contributed by atoms with E-state index in [-0.39, 0.29) is 12.5 Å². The van der Waals surface area contributed by atoms with Crippen LogP contribution in [0.2, 0.25) is 0 Å². The first kappa shape index (κ1) is 18.4. The van der Waals surface area contributed by atoms with Crippen molar-refractivity contribution in [2.75, 3.05) is 43.1 Å². The van der Waals surface area contributed by atoms with Gasteiger partial charge in [-0.15, -0.1) is 0 Å². The molecule has 0 aliphatic carbocycles. The summed E-state index contributed by atoms with van der Waals surface area (Å²) >= 11 is 0. The van der Waals surface area contributed by atoms with Crippen molar-refractivity contribution in [2.45, 2.75) is 0 Å². The van der Waals surface area contributed by atoms with Crippen molar-refractivity contribution in [3.05, 3.63) is 59.7 Å². The Balaban J connectivity index is 1.44. The average Bonchev–Trinajstić information content (AvgIpc) is 2.72. The maximum Gasteiger partial charge on any atom is 0.265 e. The van der Waals surface area contributed by atoms with Gasteiger partial charge in [-0.25, -0.2) is 0 Å². The number of rotatable bonds is 6. The van der Waals surface area contributed by atoms with Crippen LogP contribution in [-0.2, 0) is 14.4 Å². The third kappa shape index (κ3) is 5.56. The Morgan fingerprint density at radius 3 is 2.78 bits per heavy atom. The van der Waals surface area contributed by atoms with Gasteiger partial charge < -0.3 is 19.8 Å². The molecule has 0 atom stereocenters. The lowest BCUT2D eigenvalue weighted by Crippen LogP contribution is -2.36. The summed E-state index contributed by atoms with van der Waals surface area (Å²) in [5.74, 6) is -0.343. The Kier molecular flexibility index (Phi) is 6.39. The summed E-state index contributed by atoms with van der Waals surface area (Å²) in [5, 5.41) is 15.3. The average molecular weight is 364 g/mol. The molecule has 0 spiro atoms. The maximum atomic E-state index is 11.8. The van der Waals surface area contributed by atoms with E-state index in [4.69, 9.17) is 14.8 Å². The van der Waals surface area contributed by atoms with E-state index in [2.05, 4.69) is 15.4 Å². The van der Waals surface area contributed by atoms with E-state index in [0.29, 0.717) is 11.3 Å². The van der Waals surface area contributed by atoms with Crippen LogP contribution in [0, 0.1) is 11.3 Å². The first-order chi connectivity index (χ1) is 13.2. The lowest BCUT2D eigenvalue weighted by atomic mass is 10.2. The number of nitriles is 1. The highest BCUT2D eigenvalue weighted by Gasteiger charge is 2.10. The molecule has 0 bridgehead atoms. The normalized spacial score (nSPS) is 14.0. The molecule has 0 saturated carbocycles. The fraction of sp³-hybridized carbons (Fsp3) is 0.250. The lowest BCUT2D eigenvalue weighted by Gasteiger charge is -2.28. The second kappa shape index (κ2) is 9.36. The zero-order valence-corrected chi connectivity index (χ0v) is 14.8. The zero-order chi connectivity index (χ0) is 18.9. The van der Waals surface area contributed by atoms with E-state index in [1.807, 2.05) is 30.3 Å². The predicted octanol–water partition coefficient (Wildman–Crippen LogP) is 2.38. The van der Waals surface area contributed by atoms with Crippen molar-refractivity contribution in [3.8, 4) is 6.07 Å². The monoisotopic (exact) mass is 364 g/mol. The van der Waals surface area contributed by atoms with Crippen molar-refractivity contribution in [1.29, 1.82) is 5.26 Å². The van der Waals surface area contributed by atoms with Crippen LogP contribution < -0.4 is 10.2 Å². The van der Waals surface area contributed by atoms with Gasteiger partial charge in [0.1, 0.15) is 0 Å². The second-order valence-electron chi connectivity index (χ2n) is 5.94. The molecule has 0 aromatic heterocycles. The van der Waals surface area contributed by atoms with Gasteiger partial charge in [-0.3, -0.25) is 4.79 Å². The minimum atomic E-state index is -0.343. The molecule has 1 saturated heterocycles. The summed E-state index contributed by atoms with van der Waals surface area (Å²) in [6.07, 6.45) is 1.56. The first-order valence-corrected chi connectivity index (χ1v) is 8.63. The third-order valence-corrected chi connectivity index (χ3v) is 4.02. The largest absolute Gasteiger partial charge is 0.386 e. The van der Waals surface area contributed by atoms with Crippen molar-refractivity contribution < 1.29 is 14.4 Å². The summed E-state index contributed by atoms with van der Waals surface area (Å²) in [6.45, 7) is 3.07. The van der Waals surface area contributed by atoms with Crippen LogP contribution in [0.15, 0.2) is 53.7 Å². The Bertz CT molecular complexity index is 837. The fourth-order valence-corrected chi connectivity index (χ4v) is 2.65. The van der Waals surface area contributed by atoms with Crippen LogP contribution in [0.25, 0.3) is 0 Å². The maximum absolute atomic E-state index is 11.8. The smallest absolute Gasteiger partial charge is 0.265 e. The van der Waals surface area contributed by atoms with Gasteiger partial charge >= 0.3 is 0 Å². The highest BCUT2D eigenvalue weighted by Crippen LogP contribution is 2.16. The predicted molar refractivity (Wildman–Crippen MR) is 103 cm³/mol. The second-order valence-corrected chi connectivity index (χ2v) is 5.94. The molecular formula is C20H20N4O3. The van der Waals surface area contributed by atoms with Gasteiger partial charge in [0, 0.05) is 24.5 Å². The van der Waals surface area contributed by atoms with Crippen molar-refractivity contribution in [3.63, 3.8) is 0 Å². The number of carbonyl (C=O) groups excluding carboxylic acids is 1.